The second-order valence-electron chi connectivity index (χ2n) is 18.2. The lowest BCUT2D eigenvalue weighted by Gasteiger charge is -2.32. The summed E-state index contributed by atoms with van der Waals surface area (Å²) in [5.74, 6) is 0. The minimum absolute atomic E-state index is 0.0188. The van der Waals surface area contributed by atoms with Crippen molar-refractivity contribution >= 4 is 59.3 Å². The molecule has 2 heteroatoms. The summed E-state index contributed by atoms with van der Waals surface area (Å²) in [7, 11) is 0. The van der Waals surface area contributed by atoms with Gasteiger partial charge < -0.3 is 4.90 Å². The van der Waals surface area contributed by atoms with Crippen LogP contribution in [-0.4, -0.2) is 0 Å². The van der Waals surface area contributed by atoms with Crippen molar-refractivity contribution in [2.75, 3.05) is 4.90 Å². The summed E-state index contributed by atoms with van der Waals surface area (Å²) in [6, 6.07) is 44.7. The van der Waals surface area contributed by atoms with Crippen LogP contribution in [0, 0.1) is 0 Å². The Morgan fingerprint density at radius 2 is 0.904 bits per heavy atom. The van der Waals surface area contributed by atoms with Crippen LogP contribution in [0.15, 0.2) is 273 Å². The first-order valence-electron chi connectivity index (χ1n) is 32.4. The third-order valence-corrected chi connectivity index (χ3v) is 15.4. The molecule has 0 saturated carbocycles. The van der Waals surface area contributed by atoms with Gasteiger partial charge in [0.1, 0.15) is 0 Å². The molecule has 73 heavy (non-hydrogen) atoms. The van der Waals surface area contributed by atoms with E-state index in [9.17, 15) is 13.7 Å². The summed E-state index contributed by atoms with van der Waals surface area (Å²) < 4.78 is 162. The number of thiophene rings is 1. The Kier molecular flexibility index (Phi) is 6.35. The van der Waals surface area contributed by atoms with Gasteiger partial charge in [-0.15, -0.1) is 11.3 Å². The maximum atomic E-state index is 10.5. The number of fused-ring (bicyclic) bond motifs is 14. The van der Waals surface area contributed by atoms with Crippen LogP contribution in [0.4, 0.5) is 17.1 Å². The molecule has 0 bridgehead atoms. The van der Waals surface area contributed by atoms with Crippen molar-refractivity contribution in [3.05, 3.63) is 295 Å². The van der Waals surface area contributed by atoms with E-state index in [0.29, 0.717) is 11.4 Å². The van der Waals surface area contributed by atoms with Crippen LogP contribution in [0.25, 0.3) is 97.7 Å². The molecule has 1 heterocycles. The SMILES string of the molecule is [2H]c1c([2H])c(N(c2cc(-c3ccccc3)cc(-c3ccccc3)c2)c2cccc3c2-c2ccccc2C32c3ccccc3-c3ccccc32)c([2H])c([2H])c1-c1c([2H])c([2H])c2c([2H])c([2H])c([2H])c([2H])c2c1-c1c([2H])c([2H])c2c(sc3c([2H])c([2H])c([2H])c([2H])c32)c1[2H]. The Hall–Kier alpha value is -9.08. The lowest BCUT2D eigenvalue weighted by molar-refractivity contribution is 0.794. The molecule has 2 aliphatic carbocycles. The molecule has 1 aromatic heterocycles. The van der Waals surface area contributed by atoms with Crippen LogP contribution in [0.1, 0.15) is 45.6 Å². The molecule has 0 amide bonds. The molecule has 0 N–H and O–H groups in total. The maximum absolute atomic E-state index is 10.5. The van der Waals surface area contributed by atoms with E-state index in [0.717, 1.165) is 78.1 Å². The normalized spacial score (nSPS) is 16.0. The summed E-state index contributed by atoms with van der Waals surface area (Å²) in [6.07, 6.45) is 0. The van der Waals surface area contributed by atoms with Gasteiger partial charge in [0.05, 0.1) is 34.4 Å². The zero-order valence-electron chi connectivity index (χ0n) is 55.5. The van der Waals surface area contributed by atoms with Crippen molar-refractivity contribution < 1.29 is 23.3 Å². The fraction of sp³-hybridized carbons (Fsp3) is 0.0141. The van der Waals surface area contributed by atoms with Crippen LogP contribution in [0.2, 0.25) is 0 Å². The van der Waals surface area contributed by atoms with Gasteiger partial charge in [0, 0.05) is 37.1 Å². The van der Waals surface area contributed by atoms with E-state index in [-0.39, 0.29) is 25.9 Å². The van der Waals surface area contributed by atoms with Gasteiger partial charge in [-0.25, -0.2) is 0 Å². The van der Waals surface area contributed by atoms with Crippen LogP contribution in [0.3, 0.4) is 0 Å². The minimum Gasteiger partial charge on any atom is -0.310 e. The molecular weight excluding hydrogens is 899 g/mol. The number of hydrogen-bond donors (Lipinski definition) is 0. The number of rotatable bonds is 7. The summed E-state index contributed by atoms with van der Waals surface area (Å²) >= 11 is 0.750. The number of hydrogen-bond acceptors (Lipinski definition) is 2. The van der Waals surface area contributed by atoms with Crippen LogP contribution in [-0.2, 0) is 5.41 Å². The smallest absolute Gasteiger partial charge is 0.0726 e. The van der Waals surface area contributed by atoms with Gasteiger partial charge in [0.2, 0.25) is 0 Å². The highest BCUT2D eigenvalue weighted by Crippen LogP contribution is 2.65. The van der Waals surface area contributed by atoms with E-state index in [1.807, 2.05) is 121 Å². The molecule has 340 valence electrons. The van der Waals surface area contributed by atoms with Crippen molar-refractivity contribution in [1.82, 2.24) is 0 Å². The Morgan fingerprint density at radius 3 is 1.60 bits per heavy atom. The quantitative estimate of drug-likeness (QED) is 0.154. The average Bonchev–Trinajstić information content (AvgIpc) is 1.52. The maximum Gasteiger partial charge on any atom is 0.0726 e. The molecule has 0 atom stereocenters. The highest BCUT2D eigenvalue weighted by Gasteiger charge is 2.52. The van der Waals surface area contributed by atoms with Crippen molar-refractivity contribution in [3.63, 3.8) is 0 Å². The van der Waals surface area contributed by atoms with Crippen molar-refractivity contribution in [3.8, 4) is 66.8 Å². The van der Waals surface area contributed by atoms with E-state index in [1.54, 1.807) is 4.90 Å². The fourth-order valence-corrected chi connectivity index (χ4v) is 12.3. The Balaban J connectivity index is 1.07. The first-order chi connectivity index (χ1) is 43.3. The van der Waals surface area contributed by atoms with E-state index in [2.05, 4.69) is 48.5 Å². The van der Waals surface area contributed by atoms with E-state index < -0.39 is 141 Å². The highest BCUT2D eigenvalue weighted by atomic mass is 32.1. The first-order valence-corrected chi connectivity index (χ1v) is 24.7. The zero-order valence-corrected chi connectivity index (χ0v) is 39.3. The third kappa shape index (κ3) is 6.34. The van der Waals surface area contributed by atoms with Crippen molar-refractivity contribution in [2.24, 2.45) is 0 Å². The molecule has 15 rings (SSSR count). The monoisotopic (exact) mass is 960 g/mol. The van der Waals surface area contributed by atoms with Gasteiger partial charge in [-0.2, -0.15) is 0 Å². The van der Waals surface area contributed by atoms with Gasteiger partial charge in [-0.05, 0) is 143 Å². The molecule has 0 radical (unpaired) electrons. The van der Waals surface area contributed by atoms with Crippen LogP contribution in [0.5, 0.6) is 0 Å². The largest absolute Gasteiger partial charge is 0.310 e. The van der Waals surface area contributed by atoms with E-state index in [4.69, 9.17) is 9.60 Å². The number of nitrogens with zero attached hydrogens (tertiary/aromatic N) is 1. The minimum atomic E-state index is -0.853. The Morgan fingerprint density at radius 1 is 0.342 bits per heavy atom. The Labute approximate surface area is 453 Å². The number of benzene rings is 12. The molecule has 0 fully saturated rings. The average molecular weight is 961 g/mol. The molecule has 0 saturated heterocycles. The fourth-order valence-electron chi connectivity index (χ4n) is 11.3. The second-order valence-corrected chi connectivity index (χ2v) is 19.2. The van der Waals surface area contributed by atoms with Crippen molar-refractivity contribution in [1.29, 1.82) is 0 Å². The molecule has 13 aromatic rings. The van der Waals surface area contributed by atoms with Crippen LogP contribution >= 0.6 is 11.3 Å². The van der Waals surface area contributed by atoms with Crippen LogP contribution < -0.4 is 4.90 Å². The molecule has 1 nitrogen and oxygen atoms in total. The topological polar surface area (TPSA) is 3.24 Å². The third-order valence-electron chi connectivity index (χ3n) is 14.4. The molecule has 2 aliphatic rings. The summed E-state index contributed by atoms with van der Waals surface area (Å²) in [6.45, 7) is 0. The lowest BCUT2D eigenvalue weighted by Crippen LogP contribution is -2.26. The lowest BCUT2D eigenvalue weighted by atomic mass is 9.70. The predicted octanol–water partition coefficient (Wildman–Crippen LogP) is 19.7. The highest BCUT2D eigenvalue weighted by molar-refractivity contribution is 7.25. The van der Waals surface area contributed by atoms with E-state index >= 15 is 0 Å². The van der Waals surface area contributed by atoms with Gasteiger partial charge in [0.25, 0.3) is 0 Å². The molecular formula is C71H45NS. The Bertz CT molecular complexity index is 5220. The standard InChI is InChI=1S/C71H45NS/c1-3-18-46(19-4-1)51-42-52(47-20-5-2-6-21-47)44-54(43-51)72(66-32-17-31-65-70(66)61-27-11-15-30-64(61)71(65)62-28-13-9-24-57(62)58-25-10-14-29-63(58)71)53-38-34-49(35-39-53)56-40-36-48-22-7-8-23-55(48)69(56)50-37-41-60-59-26-12-16-33-67(59)73-68(60)45-50/h1-45H/i7D,8D,12D,16D,22D,23D,26D,33D,34D,35D,36D,37D,38D,39D,40D,41D,45D. The number of anilines is 3. The first kappa shape index (κ1) is 28.1. The van der Waals surface area contributed by atoms with Gasteiger partial charge in [-0.1, -0.05) is 224 Å². The van der Waals surface area contributed by atoms with Gasteiger partial charge in [-0.3, -0.25) is 0 Å². The van der Waals surface area contributed by atoms with Gasteiger partial charge >= 0.3 is 0 Å². The molecule has 12 aromatic carbocycles. The summed E-state index contributed by atoms with van der Waals surface area (Å²) in [4.78, 5) is 1.75. The van der Waals surface area contributed by atoms with E-state index in [1.165, 1.54) is 0 Å². The van der Waals surface area contributed by atoms with Crippen molar-refractivity contribution in [2.45, 2.75) is 5.41 Å². The zero-order chi connectivity index (χ0) is 62.8. The predicted molar refractivity (Wildman–Crippen MR) is 310 cm³/mol. The summed E-state index contributed by atoms with van der Waals surface area (Å²) in [5, 5.41) is -1.25. The molecule has 0 unspecified atom stereocenters. The molecule has 1 spiro atoms. The van der Waals surface area contributed by atoms with Gasteiger partial charge in [0.15, 0.2) is 0 Å². The molecule has 0 aliphatic heterocycles. The summed E-state index contributed by atoms with van der Waals surface area (Å²) in [5.41, 5.74) is 8.65. The second kappa shape index (κ2) is 16.5.